The molecule has 0 amide bonds. The number of hydrogen-bond donors (Lipinski definition) is 1. The quantitative estimate of drug-likeness (QED) is 0.914. The Balaban J connectivity index is 2.33. The summed E-state index contributed by atoms with van der Waals surface area (Å²) in [6.45, 7) is 0. The average Bonchev–Trinajstić information content (AvgIpc) is 2.76. The molecule has 0 radical (unpaired) electrons. The summed E-state index contributed by atoms with van der Waals surface area (Å²) in [6, 6.07) is 4.73. The Labute approximate surface area is 101 Å². The van der Waals surface area contributed by atoms with Crippen molar-refractivity contribution in [2.75, 3.05) is 7.11 Å². The maximum atomic E-state index is 13.4. The molecule has 1 aromatic heterocycles. The lowest BCUT2D eigenvalue weighted by atomic mass is 10.1. The first-order valence-corrected chi connectivity index (χ1v) is 5.75. The molecular formula is C12H10F2O2S. The minimum absolute atomic E-state index is 0.0518. The Bertz CT molecular complexity index is 525. The molecular weight excluding hydrogens is 246 g/mol. The van der Waals surface area contributed by atoms with Gasteiger partial charge < -0.3 is 9.84 Å². The molecule has 5 heteroatoms. The van der Waals surface area contributed by atoms with Crippen LogP contribution in [0, 0.1) is 11.6 Å². The van der Waals surface area contributed by atoms with E-state index in [1.54, 1.807) is 11.4 Å². The van der Waals surface area contributed by atoms with Crippen molar-refractivity contribution in [2.45, 2.75) is 6.10 Å². The molecule has 0 aliphatic carbocycles. The van der Waals surface area contributed by atoms with Gasteiger partial charge in [-0.1, -0.05) is 6.07 Å². The topological polar surface area (TPSA) is 29.5 Å². The van der Waals surface area contributed by atoms with Gasteiger partial charge in [0.05, 0.1) is 7.11 Å². The molecule has 0 fully saturated rings. The van der Waals surface area contributed by atoms with Gasteiger partial charge in [-0.25, -0.2) is 8.78 Å². The van der Waals surface area contributed by atoms with E-state index in [0.717, 1.165) is 12.1 Å². The number of aliphatic hydroxyl groups excluding tert-OH is 1. The Morgan fingerprint density at radius 1 is 1.29 bits per heavy atom. The van der Waals surface area contributed by atoms with Gasteiger partial charge in [0.2, 0.25) is 0 Å². The standard InChI is InChI=1S/C12H10F2O2S/c1-16-8-5-11(17-6-8)12(15)9-3-2-7(13)4-10(9)14/h2-6,12,15H,1H3. The zero-order valence-corrected chi connectivity index (χ0v) is 9.80. The van der Waals surface area contributed by atoms with Crippen molar-refractivity contribution in [3.05, 3.63) is 51.7 Å². The SMILES string of the molecule is COc1csc(C(O)c2ccc(F)cc2F)c1. The van der Waals surface area contributed by atoms with Crippen LogP contribution in [0.2, 0.25) is 0 Å². The second-order valence-corrected chi connectivity index (χ2v) is 4.40. The first-order chi connectivity index (χ1) is 8.11. The summed E-state index contributed by atoms with van der Waals surface area (Å²) < 4.78 is 31.2. The van der Waals surface area contributed by atoms with E-state index in [9.17, 15) is 13.9 Å². The predicted octanol–water partition coefficient (Wildman–Crippen LogP) is 3.12. The molecule has 1 heterocycles. The molecule has 0 spiro atoms. The van der Waals surface area contributed by atoms with E-state index in [2.05, 4.69) is 0 Å². The third-order valence-electron chi connectivity index (χ3n) is 2.36. The van der Waals surface area contributed by atoms with E-state index in [1.807, 2.05) is 0 Å². The smallest absolute Gasteiger partial charge is 0.132 e. The summed E-state index contributed by atoms with van der Waals surface area (Å²) in [7, 11) is 1.51. The minimum atomic E-state index is -1.11. The molecule has 1 unspecified atom stereocenters. The summed E-state index contributed by atoms with van der Waals surface area (Å²) >= 11 is 1.25. The van der Waals surface area contributed by atoms with Crippen LogP contribution in [0.4, 0.5) is 8.78 Å². The molecule has 2 rings (SSSR count). The van der Waals surface area contributed by atoms with E-state index in [0.29, 0.717) is 10.6 Å². The third kappa shape index (κ3) is 2.45. The maximum absolute atomic E-state index is 13.4. The predicted molar refractivity (Wildman–Crippen MR) is 61.3 cm³/mol. The van der Waals surface area contributed by atoms with Crippen molar-refractivity contribution in [3.8, 4) is 5.75 Å². The number of halogens is 2. The maximum Gasteiger partial charge on any atom is 0.132 e. The number of hydrogen-bond acceptors (Lipinski definition) is 3. The molecule has 0 aliphatic rings. The molecule has 0 saturated carbocycles. The van der Waals surface area contributed by atoms with Crippen LogP contribution in [0.1, 0.15) is 16.5 Å². The van der Waals surface area contributed by atoms with Crippen molar-refractivity contribution < 1.29 is 18.6 Å². The zero-order valence-electron chi connectivity index (χ0n) is 8.98. The molecule has 0 aliphatic heterocycles. The second kappa shape index (κ2) is 4.81. The van der Waals surface area contributed by atoms with Crippen molar-refractivity contribution in [1.29, 1.82) is 0 Å². The van der Waals surface area contributed by atoms with Gasteiger partial charge in [0.25, 0.3) is 0 Å². The second-order valence-electron chi connectivity index (χ2n) is 3.46. The van der Waals surface area contributed by atoms with Crippen molar-refractivity contribution >= 4 is 11.3 Å². The van der Waals surface area contributed by atoms with Crippen LogP contribution in [-0.4, -0.2) is 12.2 Å². The highest BCUT2D eigenvalue weighted by atomic mass is 32.1. The van der Waals surface area contributed by atoms with Gasteiger partial charge in [-0.2, -0.15) is 0 Å². The van der Waals surface area contributed by atoms with Gasteiger partial charge in [-0.15, -0.1) is 11.3 Å². The largest absolute Gasteiger partial charge is 0.496 e. The number of benzene rings is 1. The summed E-state index contributed by atoms with van der Waals surface area (Å²) in [6.07, 6.45) is -1.11. The summed E-state index contributed by atoms with van der Waals surface area (Å²) in [5.74, 6) is -0.821. The van der Waals surface area contributed by atoms with Gasteiger partial charge in [0, 0.05) is 21.9 Å². The van der Waals surface area contributed by atoms with Crippen LogP contribution in [0.25, 0.3) is 0 Å². The van der Waals surface area contributed by atoms with E-state index >= 15 is 0 Å². The van der Waals surface area contributed by atoms with Crippen LogP contribution in [0.15, 0.2) is 29.6 Å². The number of methoxy groups -OCH3 is 1. The highest BCUT2D eigenvalue weighted by molar-refractivity contribution is 7.10. The number of ether oxygens (including phenoxy) is 1. The lowest BCUT2D eigenvalue weighted by molar-refractivity contribution is 0.218. The zero-order chi connectivity index (χ0) is 12.4. The van der Waals surface area contributed by atoms with E-state index in [1.165, 1.54) is 24.5 Å². The van der Waals surface area contributed by atoms with Gasteiger partial charge in [-0.05, 0) is 12.1 Å². The highest BCUT2D eigenvalue weighted by Gasteiger charge is 2.17. The fraction of sp³-hybridized carbons (Fsp3) is 0.167. The summed E-state index contributed by atoms with van der Waals surface area (Å²) in [5, 5.41) is 11.7. The molecule has 2 nitrogen and oxygen atoms in total. The van der Waals surface area contributed by atoms with Crippen molar-refractivity contribution in [2.24, 2.45) is 0 Å². The molecule has 1 N–H and O–H groups in total. The monoisotopic (exact) mass is 256 g/mol. The normalized spacial score (nSPS) is 12.5. The van der Waals surface area contributed by atoms with Gasteiger partial charge in [0.1, 0.15) is 23.5 Å². The molecule has 17 heavy (non-hydrogen) atoms. The molecule has 1 atom stereocenters. The molecule has 90 valence electrons. The van der Waals surface area contributed by atoms with Crippen LogP contribution in [0.3, 0.4) is 0 Å². The summed E-state index contributed by atoms with van der Waals surface area (Å²) in [5.41, 5.74) is 0.0518. The van der Waals surface area contributed by atoms with Gasteiger partial charge in [-0.3, -0.25) is 0 Å². The lowest BCUT2D eigenvalue weighted by Crippen LogP contribution is -2.01. The Kier molecular flexibility index (Phi) is 3.40. The van der Waals surface area contributed by atoms with Crippen LogP contribution in [-0.2, 0) is 0 Å². The van der Waals surface area contributed by atoms with E-state index in [-0.39, 0.29) is 5.56 Å². The van der Waals surface area contributed by atoms with Crippen LogP contribution >= 0.6 is 11.3 Å². The van der Waals surface area contributed by atoms with Crippen molar-refractivity contribution in [1.82, 2.24) is 0 Å². The third-order valence-corrected chi connectivity index (χ3v) is 3.32. The lowest BCUT2D eigenvalue weighted by Gasteiger charge is -2.09. The molecule has 1 aromatic carbocycles. The van der Waals surface area contributed by atoms with Crippen molar-refractivity contribution in [3.63, 3.8) is 0 Å². The minimum Gasteiger partial charge on any atom is -0.496 e. The first kappa shape index (κ1) is 12.0. The highest BCUT2D eigenvalue weighted by Crippen LogP contribution is 2.32. The molecule has 0 bridgehead atoms. The van der Waals surface area contributed by atoms with E-state index < -0.39 is 17.7 Å². The molecule has 0 saturated heterocycles. The number of aliphatic hydroxyl groups is 1. The Morgan fingerprint density at radius 2 is 2.06 bits per heavy atom. The average molecular weight is 256 g/mol. The molecule has 2 aromatic rings. The Hall–Kier alpha value is -1.46. The summed E-state index contributed by atoms with van der Waals surface area (Å²) in [4.78, 5) is 0.548. The first-order valence-electron chi connectivity index (χ1n) is 4.87. The van der Waals surface area contributed by atoms with Gasteiger partial charge in [0.15, 0.2) is 0 Å². The fourth-order valence-electron chi connectivity index (χ4n) is 1.46. The van der Waals surface area contributed by atoms with Crippen LogP contribution < -0.4 is 4.74 Å². The Morgan fingerprint density at radius 3 is 2.65 bits per heavy atom. The van der Waals surface area contributed by atoms with E-state index in [4.69, 9.17) is 4.74 Å². The number of rotatable bonds is 3. The fourth-order valence-corrected chi connectivity index (χ4v) is 2.32. The van der Waals surface area contributed by atoms with Gasteiger partial charge >= 0.3 is 0 Å². The number of thiophene rings is 1. The van der Waals surface area contributed by atoms with Crippen LogP contribution in [0.5, 0.6) is 5.75 Å².